The first kappa shape index (κ1) is 19.7. The van der Waals surface area contributed by atoms with Gasteiger partial charge in [-0.05, 0) is 59.2 Å². The van der Waals surface area contributed by atoms with Crippen LogP contribution in [0.2, 0.25) is 0 Å². The van der Waals surface area contributed by atoms with Crippen LogP contribution in [0.3, 0.4) is 0 Å². The lowest BCUT2D eigenvalue weighted by Crippen LogP contribution is -1.98. The molecule has 3 aromatic rings. The maximum absolute atomic E-state index is 12.3. The summed E-state index contributed by atoms with van der Waals surface area (Å²) in [5, 5.41) is 9.81. The summed E-state index contributed by atoms with van der Waals surface area (Å²) in [6, 6.07) is 17.1. The fourth-order valence-corrected chi connectivity index (χ4v) is 3.59. The molecule has 28 heavy (non-hydrogen) atoms. The van der Waals surface area contributed by atoms with Crippen LogP contribution in [0.5, 0.6) is 11.5 Å². The Kier molecular flexibility index (Phi) is 6.87. The van der Waals surface area contributed by atoms with Gasteiger partial charge in [0.05, 0.1) is 7.11 Å². The molecule has 1 heterocycles. The first-order chi connectivity index (χ1) is 13.6. The number of aromatic hydroxyl groups is 1. The number of aromatic nitrogens is 1. The maximum atomic E-state index is 12.3. The lowest BCUT2D eigenvalue weighted by molar-refractivity contribution is -0.113. The molecule has 0 aliphatic carbocycles. The van der Waals surface area contributed by atoms with Crippen LogP contribution in [0.1, 0.15) is 16.7 Å². The number of carbonyl (C=O) groups excluding carboxylic acids is 1. The van der Waals surface area contributed by atoms with E-state index in [4.69, 9.17) is 4.74 Å². The van der Waals surface area contributed by atoms with Gasteiger partial charge < -0.3 is 9.84 Å². The molecule has 4 nitrogen and oxygen atoms in total. The quantitative estimate of drug-likeness (QED) is 0.437. The van der Waals surface area contributed by atoms with Crippen molar-refractivity contribution in [1.29, 1.82) is 0 Å². The number of ether oxygens (including phenoxy) is 1. The van der Waals surface area contributed by atoms with E-state index in [1.807, 2.05) is 24.3 Å². The first-order valence-corrected chi connectivity index (χ1v) is 9.81. The van der Waals surface area contributed by atoms with Gasteiger partial charge in [-0.15, -0.1) is 11.8 Å². The number of hydrogen-bond acceptors (Lipinski definition) is 5. The van der Waals surface area contributed by atoms with Crippen LogP contribution in [-0.2, 0) is 17.0 Å². The number of pyridine rings is 1. The van der Waals surface area contributed by atoms with Crippen LogP contribution in [0.15, 0.2) is 78.0 Å². The number of rotatable bonds is 8. The van der Waals surface area contributed by atoms with Crippen LogP contribution in [-0.4, -0.2) is 23.0 Å². The summed E-state index contributed by atoms with van der Waals surface area (Å²) in [7, 11) is 1.50. The van der Waals surface area contributed by atoms with Crippen molar-refractivity contribution in [2.75, 3.05) is 7.11 Å². The molecule has 1 aromatic heterocycles. The lowest BCUT2D eigenvalue weighted by atomic mass is 10.1. The molecule has 0 saturated carbocycles. The number of benzene rings is 2. The Morgan fingerprint density at radius 1 is 1.11 bits per heavy atom. The summed E-state index contributed by atoms with van der Waals surface area (Å²) in [5.41, 5.74) is 2.94. The number of phenols is 1. The SMILES string of the molecule is COc1ccc(/C=C/C(=O)Cc2cccc(SCc3ccncc3)c2)cc1O. The molecule has 0 atom stereocenters. The molecule has 0 aliphatic rings. The summed E-state index contributed by atoms with van der Waals surface area (Å²) in [6.07, 6.45) is 7.16. The molecule has 2 aromatic carbocycles. The Labute approximate surface area is 168 Å². The topological polar surface area (TPSA) is 59.4 Å². The smallest absolute Gasteiger partial charge is 0.160 e. The zero-order valence-corrected chi connectivity index (χ0v) is 16.4. The van der Waals surface area contributed by atoms with Gasteiger partial charge >= 0.3 is 0 Å². The van der Waals surface area contributed by atoms with Gasteiger partial charge in [0.15, 0.2) is 17.3 Å². The van der Waals surface area contributed by atoms with Crippen molar-refractivity contribution < 1.29 is 14.6 Å². The minimum Gasteiger partial charge on any atom is -0.504 e. The highest BCUT2D eigenvalue weighted by molar-refractivity contribution is 7.98. The van der Waals surface area contributed by atoms with Crippen molar-refractivity contribution in [3.05, 3.63) is 89.8 Å². The number of phenolic OH excluding ortho intramolecular Hbond substituents is 1. The number of methoxy groups -OCH3 is 1. The summed E-state index contributed by atoms with van der Waals surface area (Å²) in [5.74, 6) is 1.33. The zero-order valence-electron chi connectivity index (χ0n) is 15.5. The third kappa shape index (κ3) is 5.72. The molecule has 0 fully saturated rings. The van der Waals surface area contributed by atoms with E-state index in [2.05, 4.69) is 17.1 Å². The fraction of sp³-hybridized carbons (Fsp3) is 0.130. The molecule has 0 radical (unpaired) electrons. The van der Waals surface area contributed by atoms with Crippen molar-refractivity contribution in [2.24, 2.45) is 0 Å². The van der Waals surface area contributed by atoms with Crippen LogP contribution in [0.25, 0.3) is 6.08 Å². The Morgan fingerprint density at radius 2 is 1.93 bits per heavy atom. The van der Waals surface area contributed by atoms with E-state index in [1.165, 1.54) is 18.7 Å². The largest absolute Gasteiger partial charge is 0.504 e. The maximum Gasteiger partial charge on any atom is 0.160 e. The molecule has 5 heteroatoms. The van der Waals surface area contributed by atoms with Crippen LogP contribution in [0, 0.1) is 0 Å². The Bertz CT molecular complexity index is 971. The predicted octanol–water partition coefficient (Wildman–Crippen LogP) is 4.91. The molecule has 0 amide bonds. The molecular formula is C23H21NO3S. The van der Waals surface area contributed by atoms with Gasteiger partial charge in [-0.3, -0.25) is 9.78 Å². The minimum atomic E-state index is 0.00610. The van der Waals surface area contributed by atoms with Crippen LogP contribution in [0.4, 0.5) is 0 Å². The van der Waals surface area contributed by atoms with Crippen LogP contribution >= 0.6 is 11.8 Å². The molecule has 0 bridgehead atoms. The van der Waals surface area contributed by atoms with Gasteiger partial charge in [0.25, 0.3) is 0 Å². The molecule has 0 aliphatic heterocycles. The second-order valence-corrected chi connectivity index (χ2v) is 7.25. The van der Waals surface area contributed by atoms with Gasteiger partial charge in [0, 0.05) is 29.5 Å². The third-order valence-electron chi connectivity index (χ3n) is 4.10. The average Bonchev–Trinajstić information content (AvgIpc) is 2.72. The lowest BCUT2D eigenvalue weighted by Gasteiger charge is -2.05. The van der Waals surface area contributed by atoms with Gasteiger partial charge in [-0.1, -0.05) is 24.3 Å². The number of ketones is 1. The number of thioether (sulfide) groups is 1. The second kappa shape index (κ2) is 9.76. The molecule has 142 valence electrons. The van der Waals surface area contributed by atoms with Gasteiger partial charge in [-0.25, -0.2) is 0 Å². The van der Waals surface area contributed by atoms with E-state index in [9.17, 15) is 9.90 Å². The standard InChI is InChI=1S/C23H21NO3S/c1-27-23-8-6-17(15-22(23)26)5-7-20(25)13-19-3-2-4-21(14-19)28-16-18-9-11-24-12-10-18/h2-12,14-15,26H,13,16H2,1H3/b7-5+. The molecule has 3 rings (SSSR count). The van der Waals surface area contributed by atoms with Crippen molar-refractivity contribution in [1.82, 2.24) is 4.98 Å². The normalized spacial score (nSPS) is 10.9. The van der Waals surface area contributed by atoms with E-state index in [-0.39, 0.29) is 11.5 Å². The number of allylic oxidation sites excluding steroid dienone is 1. The van der Waals surface area contributed by atoms with Crippen molar-refractivity contribution in [2.45, 2.75) is 17.1 Å². The van der Waals surface area contributed by atoms with Gasteiger partial charge in [-0.2, -0.15) is 0 Å². The fourth-order valence-electron chi connectivity index (χ4n) is 2.65. The summed E-state index contributed by atoms with van der Waals surface area (Å²) >= 11 is 1.73. The number of hydrogen-bond donors (Lipinski definition) is 1. The van der Waals surface area contributed by atoms with E-state index in [0.29, 0.717) is 12.2 Å². The molecule has 0 saturated heterocycles. The van der Waals surface area contributed by atoms with E-state index in [1.54, 1.807) is 48.4 Å². The molecule has 0 unspecified atom stereocenters. The average molecular weight is 391 g/mol. The Hall–Kier alpha value is -3.05. The number of carbonyl (C=O) groups is 1. The highest BCUT2D eigenvalue weighted by Crippen LogP contribution is 2.27. The van der Waals surface area contributed by atoms with Gasteiger partial charge in [0.2, 0.25) is 0 Å². The van der Waals surface area contributed by atoms with Crippen molar-refractivity contribution in [3.63, 3.8) is 0 Å². The first-order valence-electron chi connectivity index (χ1n) is 8.82. The Morgan fingerprint density at radius 3 is 2.68 bits per heavy atom. The Balaban J connectivity index is 1.58. The highest BCUT2D eigenvalue weighted by atomic mass is 32.2. The molecular weight excluding hydrogens is 370 g/mol. The second-order valence-electron chi connectivity index (χ2n) is 6.20. The van der Waals surface area contributed by atoms with Crippen molar-refractivity contribution in [3.8, 4) is 11.5 Å². The third-order valence-corrected chi connectivity index (χ3v) is 5.16. The van der Waals surface area contributed by atoms with Gasteiger partial charge in [0.1, 0.15) is 0 Å². The molecule has 0 spiro atoms. The number of nitrogens with zero attached hydrogens (tertiary/aromatic N) is 1. The van der Waals surface area contributed by atoms with Crippen LogP contribution < -0.4 is 4.74 Å². The highest BCUT2D eigenvalue weighted by Gasteiger charge is 2.04. The van der Waals surface area contributed by atoms with E-state index >= 15 is 0 Å². The van der Waals surface area contributed by atoms with Crippen molar-refractivity contribution >= 4 is 23.6 Å². The monoisotopic (exact) mass is 391 g/mol. The molecule has 1 N–H and O–H groups in total. The summed E-state index contributed by atoms with van der Waals surface area (Å²) in [4.78, 5) is 17.5. The predicted molar refractivity (Wildman–Crippen MR) is 113 cm³/mol. The van der Waals surface area contributed by atoms with E-state index in [0.717, 1.165) is 21.8 Å². The summed E-state index contributed by atoms with van der Waals surface area (Å²) in [6.45, 7) is 0. The summed E-state index contributed by atoms with van der Waals surface area (Å²) < 4.78 is 5.02. The minimum absolute atomic E-state index is 0.00610. The zero-order chi connectivity index (χ0) is 19.8. The van der Waals surface area contributed by atoms with E-state index < -0.39 is 0 Å².